The second kappa shape index (κ2) is 12.6. The Hall–Kier alpha value is -3.42. The average Bonchev–Trinajstić information content (AvgIpc) is 2.88. The minimum absolute atomic E-state index is 0. The van der Waals surface area contributed by atoms with E-state index in [4.69, 9.17) is 48.4 Å². The maximum absolute atomic E-state index is 6.26. The van der Waals surface area contributed by atoms with Gasteiger partial charge in [0.25, 0.3) is 0 Å². The smallest absolute Gasteiger partial charge is 0.233 e. The standard InChI is InChI=1S/C26H37N11O.ClH/c27-17-8-18(28)12-36(11-17)25-33-24(34-26(35-25)37-13-19(29)9-20(30)14-37)32-21-6-7-22(31)23(10-21)38-15-16-4-2-1-3-5-16;/h1-7,10,17-20H,8-9,11-15,27-31H2,(H,32,33,34,35);1H/t17-,18+,19-,20+;. The van der Waals surface area contributed by atoms with Crippen molar-refractivity contribution in [3.8, 4) is 5.75 Å². The van der Waals surface area contributed by atoms with Crippen LogP contribution in [0.2, 0.25) is 0 Å². The van der Waals surface area contributed by atoms with E-state index in [1.807, 2.05) is 52.3 Å². The molecule has 0 amide bonds. The van der Waals surface area contributed by atoms with Gasteiger partial charge in [-0.3, -0.25) is 0 Å². The van der Waals surface area contributed by atoms with Crippen LogP contribution in [0.25, 0.3) is 0 Å². The Kier molecular flexibility index (Phi) is 9.25. The average molecular weight is 556 g/mol. The molecule has 4 atom stereocenters. The third-order valence-corrected chi connectivity index (χ3v) is 6.71. The number of nitrogen functional groups attached to an aromatic ring is 1. The molecule has 0 radical (unpaired) electrons. The van der Waals surface area contributed by atoms with Crippen molar-refractivity contribution in [2.45, 2.75) is 43.6 Å². The molecular weight excluding hydrogens is 518 g/mol. The summed E-state index contributed by atoms with van der Waals surface area (Å²) in [7, 11) is 0. The molecule has 12 nitrogen and oxygen atoms in total. The highest BCUT2D eigenvalue weighted by molar-refractivity contribution is 5.85. The van der Waals surface area contributed by atoms with Gasteiger partial charge in [-0.2, -0.15) is 15.0 Å². The van der Waals surface area contributed by atoms with E-state index in [0.29, 0.717) is 62.1 Å². The number of hydrogen-bond acceptors (Lipinski definition) is 12. The van der Waals surface area contributed by atoms with E-state index in [1.54, 1.807) is 6.07 Å². The number of anilines is 5. The van der Waals surface area contributed by atoms with Crippen LogP contribution in [0.15, 0.2) is 48.5 Å². The normalized spacial score (nSPS) is 23.2. The van der Waals surface area contributed by atoms with E-state index in [2.05, 4.69) is 5.32 Å². The number of nitrogens with one attached hydrogen (secondary N) is 1. The molecule has 0 aliphatic carbocycles. The van der Waals surface area contributed by atoms with E-state index in [0.717, 1.165) is 24.1 Å². The molecule has 210 valence electrons. The van der Waals surface area contributed by atoms with Crippen LogP contribution in [0.5, 0.6) is 5.75 Å². The van der Waals surface area contributed by atoms with Gasteiger partial charge in [0, 0.05) is 62.1 Å². The molecule has 5 rings (SSSR count). The van der Waals surface area contributed by atoms with Gasteiger partial charge in [-0.25, -0.2) is 0 Å². The molecule has 2 saturated heterocycles. The second-order valence-electron chi connectivity index (χ2n) is 10.2. The molecule has 11 N–H and O–H groups in total. The van der Waals surface area contributed by atoms with Gasteiger partial charge in [0.15, 0.2) is 0 Å². The maximum atomic E-state index is 6.26. The molecule has 0 spiro atoms. The van der Waals surface area contributed by atoms with E-state index in [1.165, 1.54) is 0 Å². The summed E-state index contributed by atoms with van der Waals surface area (Å²) in [6.45, 7) is 2.83. The summed E-state index contributed by atoms with van der Waals surface area (Å²) in [5, 5.41) is 3.30. The Labute approximate surface area is 234 Å². The van der Waals surface area contributed by atoms with Gasteiger partial charge in [0.2, 0.25) is 17.8 Å². The van der Waals surface area contributed by atoms with Gasteiger partial charge in [0.1, 0.15) is 12.4 Å². The fraction of sp³-hybridized carbons (Fsp3) is 0.423. The lowest BCUT2D eigenvalue weighted by Crippen LogP contribution is -2.54. The molecule has 2 aliphatic heterocycles. The zero-order valence-corrected chi connectivity index (χ0v) is 22.6. The summed E-state index contributed by atoms with van der Waals surface area (Å²) in [5.74, 6) is 1.96. The fourth-order valence-electron chi connectivity index (χ4n) is 4.98. The van der Waals surface area contributed by atoms with Gasteiger partial charge < -0.3 is 48.5 Å². The number of hydrogen-bond donors (Lipinski definition) is 6. The van der Waals surface area contributed by atoms with Crippen molar-refractivity contribution in [3.05, 3.63) is 54.1 Å². The van der Waals surface area contributed by atoms with Gasteiger partial charge in [-0.1, -0.05) is 30.3 Å². The molecule has 2 fully saturated rings. The number of nitrogens with zero attached hydrogens (tertiary/aromatic N) is 5. The first-order valence-electron chi connectivity index (χ1n) is 12.9. The van der Waals surface area contributed by atoms with Crippen LogP contribution < -0.4 is 48.5 Å². The first kappa shape index (κ1) is 28.6. The monoisotopic (exact) mass is 555 g/mol. The third kappa shape index (κ3) is 7.37. The molecule has 39 heavy (non-hydrogen) atoms. The molecule has 3 aromatic rings. The quantitative estimate of drug-likeness (QED) is 0.226. The lowest BCUT2D eigenvalue weighted by molar-refractivity contribution is 0.308. The summed E-state index contributed by atoms with van der Waals surface area (Å²) in [5.41, 5.74) is 33.5. The van der Waals surface area contributed by atoms with E-state index < -0.39 is 0 Å². The van der Waals surface area contributed by atoms with E-state index in [-0.39, 0.29) is 36.6 Å². The number of rotatable bonds is 7. The maximum Gasteiger partial charge on any atom is 0.233 e. The molecule has 1 aromatic heterocycles. The van der Waals surface area contributed by atoms with Crippen LogP contribution in [0, 0.1) is 0 Å². The van der Waals surface area contributed by atoms with Crippen molar-refractivity contribution in [2.75, 3.05) is 47.0 Å². The zero-order valence-electron chi connectivity index (χ0n) is 21.8. The lowest BCUT2D eigenvalue weighted by Gasteiger charge is -2.37. The number of piperidine rings is 2. The van der Waals surface area contributed by atoms with Gasteiger partial charge in [-0.15, -0.1) is 12.4 Å². The van der Waals surface area contributed by atoms with Crippen molar-refractivity contribution in [2.24, 2.45) is 22.9 Å². The van der Waals surface area contributed by atoms with Crippen LogP contribution in [0.1, 0.15) is 18.4 Å². The highest BCUT2D eigenvalue weighted by Crippen LogP contribution is 2.29. The summed E-state index contributed by atoms with van der Waals surface area (Å²) >= 11 is 0. The molecule has 0 unspecified atom stereocenters. The van der Waals surface area contributed by atoms with Crippen LogP contribution in [0.4, 0.5) is 29.2 Å². The number of benzene rings is 2. The topological polar surface area (TPSA) is 197 Å². The lowest BCUT2D eigenvalue weighted by atomic mass is 10.0. The molecule has 2 aliphatic rings. The van der Waals surface area contributed by atoms with Crippen molar-refractivity contribution >= 4 is 41.6 Å². The molecule has 2 aromatic carbocycles. The van der Waals surface area contributed by atoms with Crippen molar-refractivity contribution in [3.63, 3.8) is 0 Å². The van der Waals surface area contributed by atoms with Crippen LogP contribution in [0.3, 0.4) is 0 Å². The predicted molar refractivity (Wildman–Crippen MR) is 158 cm³/mol. The Bertz CT molecular complexity index is 1170. The summed E-state index contributed by atoms with van der Waals surface area (Å²) in [4.78, 5) is 18.2. The highest BCUT2D eigenvalue weighted by Gasteiger charge is 2.28. The zero-order chi connectivity index (χ0) is 26.6. The Morgan fingerprint density at radius 3 is 1.85 bits per heavy atom. The van der Waals surface area contributed by atoms with Crippen molar-refractivity contribution < 1.29 is 4.74 Å². The Morgan fingerprint density at radius 1 is 0.769 bits per heavy atom. The molecule has 0 saturated carbocycles. The molecular formula is C26H38ClN11O. The van der Waals surface area contributed by atoms with Crippen LogP contribution >= 0.6 is 12.4 Å². The largest absolute Gasteiger partial charge is 0.487 e. The Balaban J connectivity index is 0.00000353. The molecule has 13 heteroatoms. The van der Waals surface area contributed by atoms with Crippen molar-refractivity contribution in [1.82, 2.24) is 15.0 Å². The molecule has 0 bridgehead atoms. The summed E-state index contributed by atoms with van der Waals surface area (Å²) in [6, 6.07) is 15.2. The van der Waals surface area contributed by atoms with Crippen LogP contribution in [-0.4, -0.2) is 65.3 Å². The highest BCUT2D eigenvalue weighted by atomic mass is 35.5. The minimum Gasteiger partial charge on any atom is -0.487 e. The number of ether oxygens (including phenoxy) is 1. The number of halogens is 1. The fourth-order valence-corrected chi connectivity index (χ4v) is 4.98. The van der Waals surface area contributed by atoms with E-state index in [9.17, 15) is 0 Å². The van der Waals surface area contributed by atoms with Gasteiger partial charge in [-0.05, 0) is 30.5 Å². The summed E-state index contributed by atoms with van der Waals surface area (Å²) in [6.07, 6.45) is 1.51. The Morgan fingerprint density at radius 2 is 1.31 bits per heavy atom. The number of nitrogens with two attached hydrogens (primary N) is 5. The van der Waals surface area contributed by atoms with Gasteiger partial charge in [0.05, 0.1) is 5.69 Å². The van der Waals surface area contributed by atoms with Crippen LogP contribution in [-0.2, 0) is 6.61 Å². The first-order chi connectivity index (χ1) is 18.3. The predicted octanol–water partition coefficient (Wildman–Crippen LogP) is 0.928. The minimum atomic E-state index is -0.0615. The van der Waals surface area contributed by atoms with E-state index >= 15 is 0 Å². The summed E-state index contributed by atoms with van der Waals surface area (Å²) < 4.78 is 6.00. The number of aromatic nitrogens is 3. The van der Waals surface area contributed by atoms with Crippen molar-refractivity contribution in [1.29, 1.82) is 0 Å². The SMILES string of the molecule is Cl.Nc1ccc(Nc2nc(N3C[C@H](N)C[C@H](N)C3)nc(N3C[C@H](N)C[C@H](N)C3)n2)cc1OCc1ccccc1. The first-order valence-corrected chi connectivity index (χ1v) is 12.9. The third-order valence-electron chi connectivity index (χ3n) is 6.71. The second-order valence-corrected chi connectivity index (χ2v) is 10.2. The molecule has 3 heterocycles. The van der Waals surface area contributed by atoms with Gasteiger partial charge >= 0.3 is 0 Å².